The van der Waals surface area contributed by atoms with Crippen molar-refractivity contribution in [2.75, 3.05) is 23.8 Å². The van der Waals surface area contributed by atoms with Gasteiger partial charge in [0.1, 0.15) is 12.4 Å². The molecule has 0 aromatic heterocycles. The Morgan fingerprint density at radius 1 is 1.05 bits per heavy atom. The molecular formula is C18H20N2O2. The van der Waals surface area contributed by atoms with Crippen LogP contribution in [0.5, 0.6) is 5.75 Å². The first-order chi connectivity index (χ1) is 10.6. The normalized spacial score (nSPS) is 9.86. The third kappa shape index (κ3) is 5.32. The molecule has 0 aliphatic rings. The third-order valence-corrected chi connectivity index (χ3v) is 2.85. The summed E-state index contributed by atoms with van der Waals surface area (Å²) in [6.45, 7) is 6.41. The zero-order valence-corrected chi connectivity index (χ0v) is 12.6. The van der Waals surface area contributed by atoms with E-state index in [9.17, 15) is 4.79 Å². The molecule has 0 atom stereocenters. The Morgan fingerprint density at radius 2 is 1.73 bits per heavy atom. The molecule has 0 bridgehead atoms. The predicted molar refractivity (Wildman–Crippen MR) is 90.3 cm³/mol. The van der Waals surface area contributed by atoms with Crippen LogP contribution in [0.2, 0.25) is 0 Å². The zero-order valence-electron chi connectivity index (χ0n) is 12.6. The highest BCUT2D eigenvalue weighted by Gasteiger charge is 2.02. The van der Waals surface area contributed by atoms with Gasteiger partial charge in [-0.25, -0.2) is 0 Å². The molecule has 0 spiro atoms. The highest BCUT2D eigenvalue weighted by molar-refractivity contribution is 5.93. The van der Waals surface area contributed by atoms with Crippen molar-refractivity contribution in [3.63, 3.8) is 0 Å². The molecule has 0 fully saturated rings. The van der Waals surface area contributed by atoms with Crippen LogP contribution in [0.15, 0.2) is 66.7 Å². The van der Waals surface area contributed by atoms with Gasteiger partial charge in [0.05, 0.1) is 6.54 Å². The smallest absolute Gasteiger partial charge is 0.243 e. The molecule has 22 heavy (non-hydrogen) atoms. The van der Waals surface area contributed by atoms with Gasteiger partial charge in [0, 0.05) is 11.4 Å². The van der Waals surface area contributed by atoms with E-state index in [0.29, 0.717) is 6.61 Å². The molecule has 0 saturated heterocycles. The molecule has 0 aliphatic heterocycles. The lowest BCUT2D eigenvalue weighted by molar-refractivity contribution is -0.114. The van der Waals surface area contributed by atoms with Crippen LogP contribution in [0, 0.1) is 0 Å². The van der Waals surface area contributed by atoms with Gasteiger partial charge in [-0.05, 0) is 48.9 Å². The van der Waals surface area contributed by atoms with E-state index in [1.165, 1.54) is 0 Å². The summed E-state index contributed by atoms with van der Waals surface area (Å²) in [5, 5.41) is 5.89. The van der Waals surface area contributed by atoms with E-state index in [1.54, 1.807) is 0 Å². The molecule has 1 amide bonds. The Balaban J connectivity index is 1.80. The van der Waals surface area contributed by atoms with Gasteiger partial charge in [-0.3, -0.25) is 4.79 Å². The lowest BCUT2D eigenvalue weighted by atomic mass is 10.3. The van der Waals surface area contributed by atoms with Crippen molar-refractivity contribution in [2.45, 2.75) is 6.92 Å². The molecule has 2 N–H and O–H groups in total. The summed E-state index contributed by atoms with van der Waals surface area (Å²) in [4.78, 5) is 11.9. The molecule has 0 radical (unpaired) electrons. The summed E-state index contributed by atoms with van der Waals surface area (Å²) in [7, 11) is 0. The average molecular weight is 296 g/mol. The first-order valence-corrected chi connectivity index (χ1v) is 7.09. The second kappa shape index (κ2) is 7.88. The zero-order chi connectivity index (χ0) is 15.8. The second-order valence-corrected chi connectivity index (χ2v) is 5.04. The van der Waals surface area contributed by atoms with Gasteiger partial charge in [0.15, 0.2) is 0 Å². The maximum Gasteiger partial charge on any atom is 0.243 e. The minimum Gasteiger partial charge on any atom is -0.489 e. The van der Waals surface area contributed by atoms with Gasteiger partial charge < -0.3 is 15.4 Å². The average Bonchev–Trinajstić information content (AvgIpc) is 2.53. The molecule has 2 rings (SSSR count). The molecular weight excluding hydrogens is 276 g/mol. The number of hydrogen-bond donors (Lipinski definition) is 2. The van der Waals surface area contributed by atoms with E-state index < -0.39 is 0 Å². The van der Waals surface area contributed by atoms with Crippen molar-refractivity contribution < 1.29 is 9.53 Å². The van der Waals surface area contributed by atoms with Crippen LogP contribution in [-0.4, -0.2) is 19.1 Å². The number of amides is 1. The van der Waals surface area contributed by atoms with Crippen molar-refractivity contribution in [3.05, 3.63) is 66.7 Å². The molecule has 114 valence electrons. The number of rotatable bonds is 7. The fourth-order valence-electron chi connectivity index (χ4n) is 1.78. The number of benzene rings is 2. The molecule has 0 aliphatic carbocycles. The summed E-state index contributed by atoms with van der Waals surface area (Å²) in [5.74, 6) is 0.655. The Kier molecular flexibility index (Phi) is 5.60. The summed E-state index contributed by atoms with van der Waals surface area (Å²) < 4.78 is 5.51. The molecule has 2 aromatic carbocycles. The summed E-state index contributed by atoms with van der Waals surface area (Å²) in [5.41, 5.74) is 2.62. The number of nitrogens with one attached hydrogen (secondary N) is 2. The van der Waals surface area contributed by atoms with E-state index in [1.807, 2.05) is 61.5 Å². The minimum atomic E-state index is -0.0977. The van der Waals surface area contributed by atoms with E-state index in [-0.39, 0.29) is 12.5 Å². The van der Waals surface area contributed by atoms with Crippen molar-refractivity contribution in [1.82, 2.24) is 0 Å². The van der Waals surface area contributed by atoms with Crippen LogP contribution in [-0.2, 0) is 4.79 Å². The Labute approximate surface area is 130 Å². The first kappa shape index (κ1) is 15.6. The largest absolute Gasteiger partial charge is 0.489 e. The third-order valence-electron chi connectivity index (χ3n) is 2.85. The number of carbonyl (C=O) groups is 1. The monoisotopic (exact) mass is 296 g/mol. The van der Waals surface area contributed by atoms with Gasteiger partial charge in [-0.15, -0.1) is 0 Å². The van der Waals surface area contributed by atoms with Crippen molar-refractivity contribution in [3.8, 4) is 5.75 Å². The fourth-order valence-corrected chi connectivity index (χ4v) is 1.78. The van der Waals surface area contributed by atoms with Crippen LogP contribution in [0.25, 0.3) is 0 Å². The van der Waals surface area contributed by atoms with Crippen LogP contribution in [0.1, 0.15) is 6.92 Å². The highest BCUT2D eigenvalue weighted by Crippen LogP contribution is 2.16. The number of anilines is 2. The maximum atomic E-state index is 11.9. The lowest BCUT2D eigenvalue weighted by Crippen LogP contribution is -2.21. The molecule has 4 nitrogen and oxygen atoms in total. The summed E-state index contributed by atoms with van der Waals surface area (Å²) >= 11 is 0. The Bertz CT molecular complexity index is 621. The standard InChI is InChI=1S/C18H20N2O2/c1-14(2)13-22-17-10-8-16(9-11-17)20-18(21)12-19-15-6-4-3-5-7-15/h3-11,19H,1,12-13H2,2H3,(H,20,21). The van der Waals surface area contributed by atoms with Crippen LogP contribution in [0.4, 0.5) is 11.4 Å². The number of carbonyl (C=O) groups excluding carboxylic acids is 1. The van der Waals surface area contributed by atoms with Gasteiger partial charge in [-0.1, -0.05) is 24.8 Å². The number of ether oxygens (including phenoxy) is 1. The van der Waals surface area contributed by atoms with Crippen LogP contribution >= 0.6 is 0 Å². The highest BCUT2D eigenvalue weighted by atomic mass is 16.5. The Morgan fingerprint density at radius 3 is 2.36 bits per heavy atom. The van der Waals surface area contributed by atoms with E-state index >= 15 is 0 Å². The van der Waals surface area contributed by atoms with E-state index in [4.69, 9.17) is 4.74 Å². The van der Waals surface area contributed by atoms with Gasteiger partial charge in [0.2, 0.25) is 5.91 Å². The van der Waals surface area contributed by atoms with Gasteiger partial charge in [-0.2, -0.15) is 0 Å². The first-order valence-electron chi connectivity index (χ1n) is 7.09. The van der Waals surface area contributed by atoms with E-state index in [0.717, 1.165) is 22.7 Å². The maximum absolute atomic E-state index is 11.9. The number of hydrogen-bond acceptors (Lipinski definition) is 3. The van der Waals surface area contributed by atoms with Crippen molar-refractivity contribution in [1.29, 1.82) is 0 Å². The molecule has 0 unspecified atom stereocenters. The minimum absolute atomic E-state index is 0.0977. The fraction of sp³-hybridized carbons (Fsp3) is 0.167. The summed E-state index contributed by atoms with van der Waals surface area (Å²) in [6.07, 6.45) is 0. The number of para-hydroxylation sites is 1. The van der Waals surface area contributed by atoms with Gasteiger partial charge in [0.25, 0.3) is 0 Å². The van der Waals surface area contributed by atoms with E-state index in [2.05, 4.69) is 17.2 Å². The quantitative estimate of drug-likeness (QED) is 0.766. The topological polar surface area (TPSA) is 50.4 Å². The lowest BCUT2D eigenvalue weighted by Gasteiger charge is -2.09. The SMILES string of the molecule is C=C(C)COc1ccc(NC(=O)CNc2ccccc2)cc1. The summed E-state index contributed by atoms with van der Waals surface area (Å²) in [6, 6.07) is 16.9. The Hall–Kier alpha value is -2.75. The molecule has 4 heteroatoms. The van der Waals surface area contributed by atoms with Crippen LogP contribution < -0.4 is 15.4 Å². The van der Waals surface area contributed by atoms with Gasteiger partial charge >= 0.3 is 0 Å². The van der Waals surface area contributed by atoms with Crippen molar-refractivity contribution >= 4 is 17.3 Å². The molecule has 0 heterocycles. The predicted octanol–water partition coefficient (Wildman–Crippen LogP) is 3.69. The molecule has 2 aromatic rings. The van der Waals surface area contributed by atoms with Crippen LogP contribution in [0.3, 0.4) is 0 Å². The van der Waals surface area contributed by atoms with Crippen molar-refractivity contribution in [2.24, 2.45) is 0 Å². The second-order valence-electron chi connectivity index (χ2n) is 5.04. The molecule has 0 saturated carbocycles.